The van der Waals surface area contributed by atoms with Crippen LogP contribution in [0.2, 0.25) is 0 Å². The van der Waals surface area contributed by atoms with E-state index < -0.39 is 0 Å². The molecule has 0 aromatic carbocycles. The number of nitrogens with zero attached hydrogens (tertiary/aromatic N) is 3. The van der Waals surface area contributed by atoms with Crippen LogP contribution in [0.3, 0.4) is 0 Å². The number of aryl methyl sites for hydroxylation is 1. The Hall–Kier alpha value is -1.43. The lowest BCUT2D eigenvalue weighted by atomic mass is 9.67. The predicted octanol–water partition coefficient (Wildman–Crippen LogP) is 1.08. The minimum Gasteiger partial charge on any atom is -0.350 e. The lowest BCUT2D eigenvalue weighted by Crippen LogP contribution is -2.42. The molecule has 1 aliphatic carbocycles. The predicted molar refractivity (Wildman–Crippen MR) is 79.4 cm³/mol. The van der Waals surface area contributed by atoms with Crippen LogP contribution < -0.4 is 10.6 Å². The molecular formula is C15H25N5O. The molecule has 6 nitrogen and oxygen atoms in total. The van der Waals surface area contributed by atoms with Gasteiger partial charge in [0.05, 0.1) is 18.7 Å². The summed E-state index contributed by atoms with van der Waals surface area (Å²) in [5.41, 5.74) is 1.03. The Labute approximate surface area is 125 Å². The van der Waals surface area contributed by atoms with Gasteiger partial charge in [-0.3, -0.25) is 9.48 Å². The van der Waals surface area contributed by atoms with Gasteiger partial charge in [0.25, 0.3) is 0 Å². The van der Waals surface area contributed by atoms with E-state index in [1.54, 1.807) is 4.68 Å². The van der Waals surface area contributed by atoms with Crippen molar-refractivity contribution in [2.75, 3.05) is 13.1 Å². The van der Waals surface area contributed by atoms with Gasteiger partial charge in [-0.15, -0.1) is 5.10 Å². The quantitative estimate of drug-likeness (QED) is 0.871. The number of amides is 1. The minimum absolute atomic E-state index is 0.110. The first-order valence-corrected chi connectivity index (χ1v) is 8.11. The molecule has 1 saturated carbocycles. The van der Waals surface area contributed by atoms with Gasteiger partial charge < -0.3 is 10.6 Å². The topological polar surface area (TPSA) is 71.8 Å². The fourth-order valence-electron chi connectivity index (χ4n) is 3.83. The van der Waals surface area contributed by atoms with Gasteiger partial charge in [0.2, 0.25) is 5.91 Å². The van der Waals surface area contributed by atoms with E-state index in [-0.39, 0.29) is 17.2 Å². The highest BCUT2D eigenvalue weighted by molar-refractivity contribution is 5.80. The van der Waals surface area contributed by atoms with Crippen molar-refractivity contribution in [3.05, 3.63) is 11.9 Å². The average molecular weight is 291 g/mol. The molecule has 1 aliphatic heterocycles. The standard InChI is InChI=1S/C15H25N5O/c1-2-20-10-12(18-19-20)8-17-14(21)13-9-16-11-15(13)6-4-3-5-7-15/h10,13,16H,2-9,11H2,1H3,(H,17,21). The summed E-state index contributed by atoms with van der Waals surface area (Å²) >= 11 is 0. The Bertz CT molecular complexity index is 492. The summed E-state index contributed by atoms with van der Waals surface area (Å²) in [6, 6.07) is 0. The van der Waals surface area contributed by atoms with Gasteiger partial charge in [0.15, 0.2) is 0 Å². The Morgan fingerprint density at radius 3 is 3.00 bits per heavy atom. The number of carbonyl (C=O) groups is 1. The maximum Gasteiger partial charge on any atom is 0.225 e. The largest absolute Gasteiger partial charge is 0.350 e. The van der Waals surface area contributed by atoms with Gasteiger partial charge in [-0.25, -0.2) is 0 Å². The number of aromatic nitrogens is 3. The number of carbonyl (C=O) groups excluding carboxylic acids is 1. The molecule has 0 bridgehead atoms. The molecule has 0 radical (unpaired) electrons. The first-order chi connectivity index (χ1) is 10.2. The Morgan fingerprint density at radius 2 is 2.29 bits per heavy atom. The molecule has 6 heteroatoms. The molecule has 1 saturated heterocycles. The van der Waals surface area contributed by atoms with Crippen molar-refractivity contribution in [1.82, 2.24) is 25.6 Å². The summed E-state index contributed by atoms with van der Waals surface area (Å²) < 4.78 is 1.78. The average Bonchev–Trinajstić information content (AvgIpc) is 3.13. The van der Waals surface area contributed by atoms with E-state index in [2.05, 4.69) is 20.9 Å². The lowest BCUT2D eigenvalue weighted by Gasteiger charge is -2.37. The second kappa shape index (κ2) is 6.13. The van der Waals surface area contributed by atoms with Crippen molar-refractivity contribution in [1.29, 1.82) is 0 Å². The first kappa shape index (κ1) is 14.5. The molecule has 1 atom stereocenters. The Morgan fingerprint density at radius 1 is 1.48 bits per heavy atom. The van der Waals surface area contributed by atoms with Gasteiger partial charge >= 0.3 is 0 Å². The van der Waals surface area contributed by atoms with Crippen LogP contribution >= 0.6 is 0 Å². The van der Waals surface area contributed by atoms with Crippen molar-refractivity contribution in [2.24, 2.45) is 11.3 Å². The van der Waals surface area contributed by atoms with Crippen molar-refractivity contribution in [2.45, 2.75) is 52.1 Å². The molecule has 2 heterocycles. The number of rotatable bonds is 4. The SMILES string of the molecule is CCn1cc(CNC(=O)C2CNCC23CCCCC3)nn1. The van der Waals surface area contributed by atoms with E-state index in [1.807, 2.05) is 13.1 Å². The zero-order valence-electron chi connectivity index (χ0n) is 12.8. The molecule has 1 unspecified atom stereocenters. The fraction of sp³-hybridized carbons (Fsp3) is 0.800. The van der Waals surface area contributed by atoms with E-state index in [4.69, 9.17) is 0 Å². The van der Waals surface area contributed by atoms with Gasteiger partial charge in [0, 0.05) is 19.6 Å². The first-order valence-electron chi connectivity index (χ1n) is 8.11. The van der Waals surface area contributed by atoms with Crippen LogP contribution in [-0.2, 0) is 17.9 Å². The number of hydrogen-bond acceptors (Lipinski definition) is 4. The number of hydrogen-bond donors (Lipinski definition) is 2. The third-order valence-corrected chi connectivity index (χ3v) is 5.08. The van der Waals surface area contributed by atoms with Crippen LogP contribution in [0.15, 0.2) is 6.20 Å². The van der Waals surface area contributed by atoms with Crippen molar-refractivity contribution in [3.8, 4) is 0 Å². The maximum atomic E-state index is 12.6. The van der Waals surface area contributed by atoms with Crippen molar-refractivity contribution < 1.29 is 4.79 Å². The molecule has 2 fully saturated rings. The molecule has 1 spiro atoms. The maximum absolute atomic E-state index is 12.6. The van der Waals surface area contributed by atoms with Gasteiger partial charge in [0.1, 0.15) is 5.69 Å². The summed E-state index contributed by atoms with van der Waals surface area (Å²) in [4.78, 5) is 12.6. The van der Waals surface area contributed by atoms with E-state index >= 15 is 0 Å². The monoisotopic (exact) mass is 291 g/mol. The zero-order chi connectivity index (χ0) is 14.7. The zero-order valence-corrected chi connectivity index (χ0v) is 12.8. The van der Waals surface area contributed by atoms with Gasteiger partial charge in [-0.1, -0.05) is 24.5 Å². The van der Waals surface area contributed by atoms with Crippen LogP contribution in [0.4, 0.5) is 0 Å². The summed E-state index contributed by atoms with van der Waals surface area (Å²) in [6.07, 6.45) is 8.10. The van der Waals surface area contributed by atoms with E-state index in [1.165, 1.54) is 32.1 Å². The molecule has 2 N–H and O–H groups in total. The molecule has 116 valence electrons. The normalized spacial score (nSPS) is 24.3. The summed E-state index contributed by atoms with van der Waals surface area (Å²) in [5.74, 6) is 0.284. The van der Waals surface area contributed by atoms with Gasteiger partial charge in [-0.05, 0) is 25.2 Å². The highest BCUT2D eigenvalue weighted by Crippen LogP contribution is 2.44. The fourth-order valence-corrected chi connectivity index (χ4v) is 3.83. The smallest absolute Gasteiger partial charge is 0.225 e. The third kappa shape index (κ3) is 2.95. The second-order valence-corrected chi connectivity index (χ2v) is 6.39. The summed E-state index contributed by atoms with van der Waals surface area (Å²) in [6.45, 7) is 5.11. The molecule has 1 aromatic rings. The van der Waals surface area contributed by atoms with Crippen LogP contribution in [0.25, 0.3) is 0 Å². The van der Waals surface area contributed by atoms with Crippen LogP contribution in [0, 0.1) is 11.3 Å². The molecule has 21 heavy (non-hydrogen) atoms. The molecule has 3 rings (SSSR count). The summed E-state index contributed by atoms with van der Waals surface area (Å²) in [5, 5.41) is 14.6. The van der Waals surface area contributed by atoms with E-state index in [0.717, 1.165) is 25.3 Å². The number of nitrogens with one attached hydrogen (secondary N) is 2. The molecule has 2 aliphatic rings. The molecular weight excluding hydrogens is 266 g/mol. The lowest BCUT2D eigenvalue weighted by molar-refractivity contribution is -0.128. The Balaban J connectivity index is 1.59. The van der Waals surface area contributed by atoms with Crippen molar-refractivity contribution >= 4 is 5.91 Å². The molecule has 1 aromatic heterocycles. The van der Waals surface area contributed by atoms with E-state index in [9.17, 15) is 4.79 Å². The van der Waals surface area contributed by atoms with E-state index in [0.29, 0.717) is 6.54 Å². The minimum atomic E-state index is 0.110. The summed E-state index contributed by atoms with van der Waals surface area (Å²) in [7, 11) is 0. The highest BCUT2D eigenvalue weighted by atomic mass is 16.2. The van der Waals surface area contributed by atoms with Crippen LogP contribution in [0.1, 0.15) is 44.7 Å². The third-order valence-electron chi connectivity index (χ3n) is 5.08. The van der Waals surface area contributed by atoms with Crippen LogP contribution in [-0.4, -0.2) is 34.0 Å². The highest BCUT2D eigenvalue weighted by Gasteiger charge is 2.46. The van der Waals surface area contributed by atoms with Crippen LogP contribution in [0.5, 0.6) is 0 Å². The Kier molecular flexibility index (Phi) is 4.24. The van der Waals surface area contributed by atoms with Gasteiger partial charge in [-0.2, -0.15) is 0 Å². The second-order valence-electron chi connectivity index (χ2n) is 6.39. The van der Waals surface area contributed by atoms with Crippen molar-refractivity contribution in [3.63, 3.8) is 0 Å². The molecule has 1 amide bonds.